The van der Waals surface area contributed by atoms with E-state index in [2.05, 4.69) is 35.8 Å². The third-order valence-electron chi connectivity index (χ3n) is 6.94. The maximum atomic E-state index is 12.7. The van der Waals surface area contributed by atoms with Crippen LogP contribution >= 0.6 is 0 Å². The second kappa shape index (κ2) is 9.43. The first-order valence-electron chi connectivity index (χ1n) is 11.9. The van der Waals surface area contributed by atoms with Crippen LogP contribution in [-0.2, 0) is 4.79 Å². The molecule has 2 aliphatic heterocycles. The molecular formula is C26H31N3O4. The maximum Gasteiger partial charge on any atom is 0.254 e. The summed E-state index contributed by atoms with van der Waals surface area (Å²) < 4.78 is 11.6. The van der Waals surface area contributed by atoms with E-state index in [1.165, 1.54) is 5.56 Å². The Bertz CT molecular complexity index is 1020. The molecule has 2 N–H and O–H groups in total. The lowest BCUT2D eigenvalue weighted by atomic mass is 9.96. The van der Waals surface area contributed by atoms with Gasteiger partial charge in [-0.1, -0.05) is 24.3 Å². The van der Waals surface area contributed by atoms with Gasteiger partial charge in [0.05, 0.1) is 6.54 Å². The van der Waals surface area contributed by atoms with Gasteiger partial charge >= 0.3 is 0 Å². The van der Waals surface area contributed by atoms with Crippen LogP contribution in [0.5, 0.6) is 11.5 Å². The number of benzene rings is 2. The fourth-order valence-corrected chi connectivity index (χ4v) is 5.21. The van der Waals surface area contributed by atoms with Crippen molar-refractivity contribution in [3.63, 3.8) is 0 Å². The standard InChI is InChI=1S/C26H31N3O4/c1-17(22-3-2-4-23-25(22)33-14-13-32-23)28-21-10-9-20(15-21)18-5-7-19(8-6-18)26(31)29-12-11-27-24(30)16-29/h2-8,17,20-21,28H,9-16H2,1H3,(H,27,30)/t17-,20-,21+/m1/s1. The summed E-state index contributed by atoms with van der Waals surface area (Å²) in [5.74, 6) is 2.00. The zero-order chi connectivity index (χ0) is 22.8. The van der Waals surface area contributed by atoms with Crippen molar-refractivity contribution >= 4 is 11.8 Å². The highest BCUT2D eigenvalue weighted by Crippen LogP contribution is 2.39. The highest BCUT2D eigenvalue weighted by molar-refractivity contribution is 5.97. The van der Waals surface area contributed by atoms with Crippen LogP contribution in [0.4, 0.5) is 0 Å². The van der Waals surface area contributed by atoms with Gasteiger partial charge in [0.15, 0.2) is 11.5 Å². The number of hydrogen-bond acceptors (Lipinski definition) is 5. The molecule has 7 heteroatoms. The van der Waals surface area contributed by atoms with E-state index in [1.807, 2.05) is 24.3 Å². The Morgan fingerprint density at radius 1 is 1.12 bits per heavy atom. The van der Waals surface area contributed by atoms with Crippen LogP contribution in [0.3, 0.4) is 0 Å². The molecule has 3 aliphatic rings. The molecule has 0 spiro atoms. The molecule has 33 heavy (non-hydrogen) atoms. The van der Waals surface area contributed by atoms with Crippen LogP contribution < -0.4 is 20.1 Å². The lowest BCUT2D eigenvalue weighted by molar-refractivity contribution is -0.123. The van der Waals surface area contributed by atoms with Gasteiger partial charge in [0.25, 0.3) is 5.91 Å². The largest absolute Gasteiger partial charge is 0.486 e. The number of piperazine rings is 1. The molecular weight excluding hydrogens is 418 g/mol. The summed E-state index contributed by atoms with van der Waals surface area (Å²) in [6.45, 7) is 4.58. The average molecular weight is 450 g/mol. The molecule has 3 atom stereocenters. The van der Waals surface area contributed by atoms with Crippen LogP contribution in [0.1, 0.15) is 59.6 Å². The number of rotatable bonds is 5. The van der Waals surface area contributed by atoms with Crippen molar-refractivity contribution in [1.82, 2.24) is 15.5 Å². The molecule has 1 aliphatic carbocycles. The van der Waals surface area contributed by atoms with Crippen molar-refractivity contribution in [2.75, 3.05) is 32.8 Å². The Hall–Kier alpha value is -3.06. The number of fused-ring (bicyclic) bond motifs is 1. The number of carbonyl (C=O) groups is 2. The molecule has 1 saturated heterocycles. The molecule has 7 nitrogen and oxygen atoms in total. The topological polar surface area (TPSA) is 79.9 Å². The predicted molar refractivity (Wildman–Crippen MR) is 125 cm³/mol. The molecule has 2 aromatic carbocycles. The number of para-hydroxylation sites is 1. The van der Waals surface area contributed by atoms with Crippen LogP contribution in [0.25, 0.3) is 0 Å². The molecule has 1 saturated carbocycles. The van der Waals surface area contributed by atoms with Crippen LogP contribution in [0, 0.1) is 0 Å². The highest BCUT2D eigenvalue weighted by atomic mass is 16.6. The zero-order valence-corrected chi connectivity index (χ0v) is 19.0. The van der Waals surface area contributed by atoms with Gasteiger partial charge in [0, 0.05) is 36.3 Å². The number of hydrogen-bond donors (Lipinski definition) is 2. The Kier molecular flexibility index (Phi) is 6.22. The summed E-state index contributed by atoms with van der Waals surface area (Å²) in [7, 11) is 0. The first-order valence-corrected chi connectivity index (χ1v) is 11.9. The van der Waals surface area contributed by atoms with E-state index in [0.717, 1.165) is 36.3 Å². The van der Waals surface area contributed by atoms with E-state index < -0.39 is 0 Å². The summed E-state index contributed by atoms with van der Waals surface area (Å²) in [4.78, 5) is 25.9. The molecule has 2 heterocycles. The van der Waals surface area contributed by atoms with E-state index in [0.29, 0.717) is 43.8 Å². The number of amides is 2. The highest BCUT2D eigenvalue weighted by Gasteiger charge is 2.29. The smallest absolute Gasteiger partial charge is 0.254 e. The normalized spacial score (nSPS) is 23.2. The second-order valence-electron chi connectivity index (χ2n) is 9.17. The number of ether oxygens (including phenoxy) is 2. The molecule has 2 aromatic rings. The number of carbonyl (C=O) groups excluding carboxylic acids is 2. The summed E-state index contributed by atoms with van der Waals surface area (Å²) in [6.07, 6.45) is 3.30. The Labute approximate surface area is 194 Å². The molecule has 0 radical (unpaired) electrons. The summed E-state index contributed by atoms with van der Waals surface area (Å²) >= 11 is 0. The van der Waals surface area contributed by atoms with Crippen molar-refractivity contribution in [3.05, 3.63) is 59.2 Å². The first-order chi connectivity index (χ1) is 16.1. The first kappa shape index (κ1) is 21.8. The fraction of sp³-hybridized carbons (Fsp3) is 0.462. The molecule has 0 bridgehead atoms. The lowest BCUT2D eigenvalue weighted by Crippen LogP contribution is -2.49. The zero-order valence-electron chi connectivity index (χ0n) is 19.0. The Balaban J connectivity index is 1.19. The van der Waals surface area contributed by atoms with E-state index >= 15 is 0 Å². The van der Waals surface area contributed by atoms with Gasteiger partial charge in [-0.05, 0) is 55.9 Å². The summed E-state index contributed by atoms with van der Waals surface area (Å²) in [5.41, 5.74) is 3.06. The number of nitrogens with one attached hydrogen (secondary N) is 2. The minimum atomic E-state index is -0.0972. The van der Waals surface area contributed by atoms with Crippen molar-refractivity contribution in [1.29, 1.82) is 0 Å². The Morgan fingerprint density at radius 3 is 2.76 bits per heavy atom. The minimum absolute atomic E-state index is 0.0754. The van der Waals surface area contributed by atoms with E-state index in [1.54, 1.807) is 4.90 Å². The molecule has 5 rings (SSSR count). The monoisotopic (exact) mass is 449 g/mol. The van der Waals surface area contributed by atoms with Crippen molar-refractivity contribution in [2.24, 2.45) is 0 Å². The third-order valence-corrected chi connectivity index (χ3v) is 6.94. The van der Waals surface area contributed by atoms with Crippen LogP contribution in [0.15, 0.2) is 42.5 Å². The molecule has 2 fully saturated rings. The lowest BCUT2D eigenvalue weighted by Gasteiger charge is -2.26. The van der Waals surface area contributed by atoms with Crippen LogP contribution in [0.2, 0.25) is 0 Å². The Morgan fingerprint density at radius 2 is 1.94 bits per heavy atom. The van der Waals surface area contributed by atoms with Gasteiger partial charge in [-0.25, -0.2) is 0 Å². The van der Waals surface area contributed by atoms with Crippen molar-refractivity contribution in [3.8, 4) is 11.5 Å². The summed E-state index contributed by atoms with van der Waals surface area (Å²) in [5, 5.41) is 6.54. The minimum Gasteiger partial charge on any atom is -0.486 e. The average Bonchev–Trinajstić information content (AvgIpc) is 3.31. The van der Waals surface area contributed by atoms with Gasteiger partial charge in [-0.2, -0.15) is 0 Å². The van der Waals surface area contributed by atoms with Crippen molar-refractivity contribution < 1.29 is 19.1 Å². The van der Waals surface area contributed by atoms with Gasteiger partial charge in [-0.15, -0.1) is 0 Å². The van der Waals surface area contributed by atoms with E-state index in [-0.39, 0.29) is 24.4 Å². The molecule has 0 unspecified atom stereocenters. The molecule has 2 amide bonds. The van der Waals surface area contributed by atoms with Gasteiger partial charge < -0.3 is 25.0 Å². The van der Waals surface area contributed by atoms with Gasteiger partial charge in [-0.3, -0.25) is 9.59 Å². The fourth-order valence-electron chi connectivity index (χ4n) is 5.21. The van der Waals surface area contributed by atoms with Gasteiger partial charge in [0.1, 0.15) is 13.2 Å². The molecule has 174 valence electrons. The van der Waals surface area contributed by atoms with Crippen LogP contribution in [-0.4, -0.2) is 55.6 Å². The second-order valence-corrected chi connectivity index (χ2v) is 9.17. The number of nitrogens with zero attached hydrogens (tertiary/aromatic N) is 1. The molecule has 0 aromatic heterocycles. The SMILES string of the molecule is C[C@@H](N[C@H]1CC[C@@H](c2ccc(C(=O)N3CCNC(=O)C3)cc2)C1)c1cccc2c1OCCO2. The quantitative estimate of drug-likeness (QED) is 0.734. The van der Waals surface area contributed by atoms with E-state index in [9.17, 15) is 9.59 Å². The summed E-state index contributed by atoms with van der Waals surface area (Å²) in [6, 6.07) is 14.7. The predicted octanol–water partition coefficient (Wildman–Crippen LogP) is 3.02. The third kappa shape index (κ3) is 4.69. The van der Waals surface area contributed by atoms with Crippen molar-refractivity contribution in [2.45, 2.75) is 44.2 Å². The van der Waals surface area contributed by atoms with Gasteiger partial charge in [0.2, 0.25) is 5.91 Å². The van der Waals surface area contributed by atoms with E-state index in [4.69, 9.17) is 9.47 Å². The maximum absolute atomic E-state index is 12.7.